The fourth-order valence-corrected chi connectivity index (χ4v) is 4.35. The van der Waals surface area contributed by atoms with E-state index in [2.05, 4.69) is 0 Å². The third-order valence-electron chi connectivity index (χ3n) is 5.97. The second-order valence-electron chi connectivity index (χ2n) is 8.59. The number of anilines is 1. The number of nitrogens with zero attached hydrogens (tertiary/aromatic N) is 2. The molecule has 1 aliphatic heterocycles. The highest BCUT2D eigenvalue weighted by molar-refractivity contribution is 5.89. The Morgan fingerprint density at radius 1 is 0.892 bits per heavy atom. The Kier molecular flexibility index (Phi) is 7.18. The Labute approximate surface area is 204 Å². The molecule has 0 aromatic heterocycles. The standard InChI is InChI=1S/C23H19F9N2O3/c1-11-5-19(17-9-14(21(24,25)26)3-4-18(17)34(11)20(36)37)33(12(2)35)10-13-6-15(22(27,28)29)8-16(7-13)23(30,31)32/h3-4,6-9,11,19H,5,10H2,1-2H3,(H,36,37). The summed E-state index contributed by atoms with van der Waals surface area (Å²) in [5.74, 6) is -0.852. The Balaban J connectivity index is 2.16. The van der Waals surface area contributed by atoms with Gasteiger partial charge in [0, 0.05) is 19.5 Å². The molecule has 14 heteroatoms. The van der Waals surface area contributed by atoms with E-state index in [1.807, 2.05) is 0 Å². The largest absolute Gasteiger partial charge is 0.465 e. The second-order valence-corrected chi connectivity index (χ2v) is 8.59. The van der Waals surface area contributed by atoms with Crippen LogP contribution >= 0.6 is 0 Å². The van der Waals surface area contributed by atoms with Crippen molar-refractivity contribution in [3.05, 3.63) is 64.2 Å². The minimum absolute atomic E-state index is 0.0834. The fourth-order valence-electron chi connectivity index (χ4n) is 4.35. The molecule has 0 saturated heterocycles. The van der Waals surface area contributed by atoms with Crippen molar-refractivity contribution in [2.75, 3.05) is 4.90 Å². The average molecular weight is 542 g/mol. The molecule has 1 N–H and O–H groups in total. The Morgan fingerprint density at radius 2 is 1.41 bits per heavy atom. The maximum Gasteiger partial charge on any atom is 0.416 e. The van der Waals surface area contributed by atoms with E-state index < -0.39 is 71.4 Å². The lowest BCUT2D eigenvalue weighted by atomic mass is 9.89. The molecule has 0 aliphatic carbocycles. The third-order valence-corrected chi connectivity index (χ3v) is 5.97. The van der Waals surface area contributed by atoms with Crippen molar-refractivity contribution < 1.29 is 54.2 Å². The number of hydrogen-bond donors (Lipinski definition) is 1. The first-order valence-electron chi connectivity index (χ1n) is 10.6. The highest BCUT2D eigenvalue weighted by Crippen LogP contribution is 2.44. The van der Waals surface area contributed by atoms with Gasteiger partial charge in [0.05, 0.1) is 28.4 Å². The van der Waals surface area contributed by atoms with Gasteiger partial charge in [0.25, 0.3) is 0 Å². The number of benzene rings is 2. The van der Waals surface area contributed by atoms with Crippen LogP contribution in [-0.2, 0) is 29.9 Å². The quantitative estimate of drug-likeness (QED) is 0.421. The first-order chi connectivity index (χ1) is 16.8. The van der Waals surface area contributed by atoms with Crippen molar-refractivity contribution in [2.45, 2.75) is 57.4 Å². The zero-order valence-corrected chi connectivity index (χ0v) is 19.1. The third kappa shape index (κ3) is 5.93. The van der Waals surface area contributed by atoms with Gasteiger partial charge < -0.3 is 10.0 Å². The highest BCUT2D eigenvalue weighted by atomic mass is 19.4. The Bertz CT molecular complexity index is 1170. The summed E-state index contributed by atoms with van der Waals surface area (Å²) in [7, 11) is 0. The molecular weight excluding hydrogens is 523 g/mol. The van der Waals surface area contributed by atoms with Gasteiger partial charge in [-0.1, -0.05) is 0 Å². The zero-order valence-electron chi connectivity index (χ0n) is 19.1. The van der Waals surface area contributed by atoms with Gasteiger partial charge in [-0.3, -0.25) is 9.69 Å². The van der Waals surface area contributed by atoms with Gasteiger partial charge in [-0.2, -0.15) is 39.5 Å². The Morgan fingerprint density at radius 3 is 1.84 bits per heavy atom. The van der Waals surface area contributed by atoms with Crippen LogP contribution in [0.1, 0.15) is 54.1 Å². The molecule has 1 aliphatic rings. The molecule has 0 spiro atoms. The van der Waals surface area contributed by atoms with Crippen molar-refractivity contribution in [1.29, 1.82) is 0 Å². The predicted molar refractivity (Wildman–Crippen MR) is 111 cm³/mol. The number of halogens is 9. The van der Waals surface area contributed by atoms with Crippen molar-refractivity contribution >= 4 is 17.7 Å². The van der Waals surface area contributed by atoms with E-state index >= 15 is 0 Å². The van der Waals surface area contributed by atoms with Crippen LogP contribution in [0.25, 0.3) is 0 Å². The number of alkyl halides is 9. The van der Waals surface area contributed by atoms with E-state index in [4.69, 9.17) is 0 Å². The number of carbonyl (C=O) groups is 2. The first-order valence-corrected chi connectivity index (χ1v) is 10.6. The molecule has 2 atom stereocenters. The molecule has 37 heavy (non-hydrogen) atoms. The van der Waals surface area contributed by atoms with Crippen molar-refractivity contribution in [3.8, 4) is 0 Å². The van der Waals surface area contributed by atoms with Crippen LogP contribution in [0.2, 0.25) is 0 Å². The van der Waals surface area contributed by atoms with Crippen LogP contribution < -0.4 is 4.90 Å². The lowest BCUT2D eigenvalue weighted by molar-refractivity contribution is -0.143. The number of carbonyl (C=O) groups excluding carboxylic acids is 1. The highest BCUT2D eigenvalue weighted by Gasteiger charge is 2.41. The number of fused-ring (bicyclic) bond motifs is 1. The summed E-state index contributed by atoms with van der Waals surface area (Å²) in [6, 6.07) is 0.779. The van der Waals surface area contributed by atoms with Crippen LogP contribution in [0.4, 0.5) is 50.0 Å². The summed E-state index contributed by atoms with van der Waals surface area (Å²) in [5, 5.41) is 9.58. The minimum atomic E-state index is -5.15. The SMILES string of the molecule is CC(=O)N(Cc1cc(C(F)(F)F)cc(C(F)(F)F)c1)C1CC(C)N(C(=O)O)c2ccc(C(F)(F)F)cc21. The van der Waals surface area contributed by atoms with E-state index in [1.54, 1.807) is 0 Å². The maximum absolute atomic E-state index is 13.4. The molecule has 0 saturated carbocycles. The molecule has 2 amide bonds. The van der Waals surface area contributed by atoms with Gasteiger partial charge in [-0.15, -0.1) is 0 Å². The molecule has 3 rings (SSSR count). The van der Waals surface area contributed by atoms with E-state index in [-0.39, 0.29) is 23.7 Å². The van der Waals surface area contributed by atoms with Crippen LogP contribution in [0.15, 0.2) is 36.4 Å². The molecule has 2 aromatic rings. The van der Waals surface area contributed by atoms with E-state index in [1.165, 1.54) is 6.92 Å². The summed E-state index contributed by atoms with van der Waals surface area (Å²) in [5.41, 5.74) is -5.40. The normalized spacial score (nSPS) is 18.4. The summed E-state index contributed by atoms with van der Waals surface area (Å²) < 4.78 is 120. The molecule has 2 unspecified atom stereocenters. The number of hydrogen-bond acceptors (Lipinski definition) is 2. The molecule has 0 radical (unpaired) electrons. The molecule has 0 bridgehead atoms. The molecule has 2 aromatic carbocycles. The molecule has 1 heterocycles. The van der Waals surface area contributed by atoms with Crippen molar-refractivity contribution in [3.63, 3.8) is 0 Å². The number of rotatable bonds is 3. The zero-order chi connectivity index (χ0) is 28.1. The lowest BCUT2D eigenvalue weighted by Gasteiger charge is -2.42. The monoisotopic (exact) mass is 542 g/mol. The van der Waals surface area contributed by atoms with Gasteiger partial charge in [-0.05, 0) is 60.9 Å². The number of amides is 2. The average Bonchev–Trinajstić information content (AvgIpc) is 2.74. The minimum Gasteiger partial charge on any atom is -0.465 e. The summed E-state index contributed by atoms with van der Waals surface area (Å²) in [4.78, 5) is 26.0. The van der Waals surface area contributed by atoms with Crippen molar-refractivity contribution in [2.24, 2.45) is 0 Å². The van der Waals surface area contributed by atoms with Crippen LogP contribution in [0.5, 0.6) is 0 Å². The fraction of sp³-hybridized carbons (Fsp3) is 0.391. The predicted octanol–water partition coefficient (Wildman–Crippen LogP) is 7.11. The van der Waals surface area contributed by atoms with Crippen LogP contribution in [0, 0.1) is 0 Å². The second kappa shape index (κ2) is 9.45. The first kappa shape index (κ1) is 28.1. The summed E-state index contributed by atoms with van der Waals surface area (Å²) in [6.07, 6.45) is -16.9. The smallest absolute Gasteiger partial charge is 0.416 e. The molecule has 0 fully saturated rings. The van der Waals surface area contributed by atoms with Crippen LogP contribution in [0.3, 0.4) is 0 Å². The van der Waals surface area contributed by atoms with E-state index in [9.17, 15) is 54.2 Å². The molecule has 202 valence electrons. The van der Waals surface area contributed by atoms with Gasteiger partial charge in [0.1, 0.15) is 0 Å². The number of carboxylic acid groups (broad SMARTS) is 1. The van der Waals surface area contributed by atoms with Gasteiger partial charge >= 0.3 is 24.6 Å². The molecule has 5 nitrogen and oxygen atoms in total. The summed E-state index contributed by atoms with van der Waals surface area (Å²) in [6.45, 7) is 1.56. The lowest BCUT2D eigenvalue weighted by Crippen LogP contribution is -2.46. The maximum atomic E-state index is 13.4. The summed E-state index contributed by atoms with van der Waals surface area (Å²) >= 11 is 0. The van der Waals surface area contributed by atoms with Gasteiger partial charge in [-0.25, -0.2) is 4.79 Å². The van der Waals surface area contributed by atoms with Gasteiger partial charge in [0.2, 0.25) is 5.91 Å². The Hall–Kier alpha value is -3.45. The van der Waals surface area contributed by atoms with Crippen LogP contribution in [-0.4, -0.2) is 28.0 Å². The molecular formula is C23H19F9N2O3. The van der Waals surface area contributed by atoms with Crippen molar-refractivity contribution in [1.82, 2.24) is 4.90 Å². The van der Waals surface area contributed by atoms with Gasteiger partial charge in [0.15, 0.2) is 0 Å². The van der Waals surface area contributed by atoms with E-state index in [0.29, 0.717) is 24.3 Å². The van der Waals surface area contributed by atoms with E-state index in [0.717, 1.165) is 22.8 Å². The topological polar surface area (TPSA) is 60.9 Å².